The molecule has 0 aliphatic heterocycles. The van der Waals surface area contributed by atoms with E-state index in [2.05, 4.69) is 30.8 Å². The van der Waals surface area contributed by atoms with Gasteiger partial charge in [-0.05, 0) is 24.6 Å². The number of halogens is 1. The van der Waals surface area contributed by atoms with Crippen LogP contribution in [0.1, 0.15) is 18.3 Å². The SMILES string of the molecule is CCNC(=NCc1nc(-c2ccco2)n[nH]1)NCCOCc1ccccc1.I. The summed E-state index contributed by atoms with van der Waals surface area (Å²) in [5.41, 5.74) is 1.16. The first-order valence-electron chi connectivity index (χ1n) is 8.94. The average Bonchev–Trinajstić information content (AvgIpc) is 3.38. The van der Waals surface area contributed by atoms with E-state index in [0.29, 0.717) is 49.7 Å². The van der Waals surface area contributed by atoms with Gasteiger partial charge in [-0.25, -0.2) is 9.98 Å². The van der Waals surface area contributed by atoms with Crippen LogP contribution in [0, 0.1) is 0 Å². The van der Waals surface area contributed by atoms with Crippen molar-refractivity contribution in [3.05, 3.63) is 60.1 Å². The number of aromatic nitrogens is 3. The fourth-order valence-corrected chi connectivity index (χ4v) is 2.38. The minimum atomic E-state index is 0. The molecule has 1 aromatic carbocycles. The lowest BCUT2D eigenvalue weighted by atomic mass is 10.2. The van der Waals surface area contributed by atoms with Gasteiger partial charge in [0, 0.05) is 13.1 Å². The molecule has 3 aromatic rings. The molecule has 0 amide bonds. The van der Waals surface area contributed by atoms with Gasteiger partial charge in [0.05, 0.1) is 19.5 Å². The summed E-state index contributed by atoms with van der Waals surface area (Å²) in [5.74, 6) is 2.52. The third-order valence-electron chi connectivity index (χ3n) is 3.65. The number of furan rings is 1. The first kappa shape index (κ1) is 21.9. The number of benzene rings is 1. The van der Waals surface area contributed by atoms with Crippen molar-refractivity contribution in [1.29, 1.82) is 0 Å². The van der Waals surface area contributed by atoms with Gasteiger partial charge >= 0.3 is 0 Å². The van der Waals surface area contributed by atoms with Crippen LogP contribution in [0.15, 0.2) is 58.1 Å². The molecule has 3 N–H and O–H groups in total. The van der Waals surface area contributed by atoms with Gasteiger partial charge in [0.1, 0.15) is 12.4 Å². The van der Waals surface area contributed by atoms with Crippen molar-refractivity contribution in [2.45, 2.75) is 20.1 Å². The molecule has 28 heavy (non-hydrogen) atoms. The highest BCUT2D eigenvalue weighted by molar-refractivity contribution is 14.0. The Kier molecular flexibility index (Phi) is 9.49. The summed E-state index contributed by atoms with van der Waals surface area (Å²) in [7, 11) is 0. The van der Waals surface area contributed by atoms with E-state index in [4.69, 9.17) is 9.15 Å². The molecule has 150 valence electrons. The maximum atomic E-state index is 5.67. The van der Waals surface area contributed by atoms with E-state index in [1.807, 2.05) is 43.3 Å². The first-order valence-corrected chi connectivity index (χ1v) is 8.94. The Morgan fingerprint density at radius 1 is 1.18 bits per heavy atom. The number of hydrogen-bond donors (Lipinski definition) is 3. The lowest BCUT2D eigenvalue weighted by Crippen LogP contribution is -2.39. The van der Waals surface area contributed by atoms with Crippen molar-refractivity contribution in [3.8, 4) is 11.6 Å². The van der Waals surface area contributed by atoms with E-state index in [1.165, 1.54) is 0 Å². The fourth-order valence-electron chi connectivity index (χ4n) is 2.38. The Balaban J connectivity index is 0.00000280. The zero-order chi connectivity index (χ0) is 18.7. The molecule has 0 atom stereocenters. The Hall–Kier alpha value is -2.40. The summed E-state index contributed by atoms with van der Waals surface area (Å²) in [6, 6.07) is 13.7. The van der Waals surface area contributed by atoms with Gasteiger partial charge in [0.15, 0.2) is 11.7 Å². The monoisotopic (exact) mass is 496 g/mol. The molecule has 0 saturated carbocycles. The topological polar surface area (TPSA) is 100 Å². The third-order valence-corrected chi connectivity index (χ3v) is 3.65. The van der Waals surface area contributed by atoms with E-state index >= 15 is 0 Å². The largest absolute Gasteiger partial charge is 0.461 e. The molecule has 0 unspecified atom stereocenters. The van der Waals surface area contributed by atoms with Gasteiger partial charge in [0.25, 0.3) is 0 Å². The second-order valence-electron chi connectivity index (χ2n) is 5.74. The molecule has 0 spiro atoms. The minimum absolute atomic E-state index is 0. The van der Waals surface area contributed by atoms with Crippen LogP contribution in [0.5, 0.6) is 0 Å². The van der Waals surface area contributed by atoms with Gasteiger partial charge < -0.3 is 19.8 Å². The van der Waals surface area contributed by atoms with Gasteiger partial charge in [-0.1, -0.05) is 30.3 Å². The number of nitrogens with one attached hydrogen (secondary N) is 3. The molecule has 3 rings (SSSR count). The van der Waals surface area contributed by atoms with E-state index in [9.17, 15) is 0 Å². The van der Waals surface area contributed by atoms with Crippen molar-refractivity contribution in [2.24, 2.45) is 4.99 Å². The fraction of sp³-hybridized carbons (Fsp3) is 0.316. The maximum Gasteiger partial charge on any atom is 0.216 e. The van der Waals surface area contributed by atoms with Crippen LogP contribution in [0.3, 0.4) is 0 Å². The number of rotatable bonds is 9. The second kappa shape index (κ2) is 12.1. The molecule has 0 bridgehead atoms. The highest BCUT2D eigenvalue weighted by atomic mass is 127. The second-order valence-corrected chi connectivity index (χ2v) is 5.74. The van der Waals surface area contributed by atoms with E-state index < -0.39 is 0 Å². The lowest BCUT2D eigenvalue weighted by Gasteiger charge is -2.11. The molecule has 8 nitrogen and oxygen atoms in total. The van der Waals surface area contributed by atoms with Crippen molar-refractivity contribution < 1.29 is 9.15 Å². The van der Waals surface area contributed by atoms with Crippen molar-refractivity contribution in [1.82, 2.24) is 25.8 Å². The standard InChI is InChI=1S/C19H24N6O2.HI/c1-2-20-19(21-10-12-26-14-15-7-4-3-5-8-15)22-13-17-23-18(25-24-17)16-9-6-11-27-16;/h3-9,11H,2,10,12-14H2,1H3,(H2,20,21,22)(H,23,24,25);1H. The Morgan fingerprint density at radius 2 is 2.04 bits per heavy atom. The summed E-state index contributed by atoms with van der Waals surface area (Å²) < 4.78 is 11.0. The maximum absolute atomic E-state index is 5.67. The molecule has 2 heterocycles. The molecule has 0 aliphatic carbocycles. The summed E-state index contributed by atoms with van der Waals surface area (Å²) in [4.78, 5) is 8.89. The summed E-state index contributed by atoms with van der Waals surface area (Å²) in [5, 5.41) is 13.5. The number of hydrogen-bond acceptors (Lipinski definition) is 5. The minimum Gasteiger partial charge on any atom is -0.461 e. The normalized spacial score (nSPS) is 11.1. The van der Waals surface area contributed by atoms with Crippen LogP contribution >= 0.6 is 24.0 Å². The van der Waals surface area contributed by atoms with Crippen LogP contribution in [0.4, 0.5) is 0 Å². The predicted octanol–water partition coefficient (Wildman–Crippen LogP) is 2.95. The third kappa shape index (κ3) is 6.97. The van der Waals surface area contributed by atoms with Crippen molar-refractivity contribution >= 4 is 29.9 Å². The van der Waals surface area contributed by atoms with E-state index in [1.54, 1.807) is 12.3 Å². The van der Waals surface area contributed by atoms with Gasteiger partial charge in [-0.3, -0.25) is 5.10 Å². The number of aliphatic imine (C=N–C) groups is 1. The molecule has 0 aliphatic rings. The average molecular weight is 496 g/mol. The summed E-state index contributed by atoms with van der Waals surface area (Å²) in [6.07, 6.45) is 1.59. The molecular formula is C19H25IN6O2. The highest BCUT2D eigenvalue weighted by Gasteiger charge is 2.08. The van der Waals surface area contributed by atoms with Crippen LogP contribution in [-0.2, 0) is 17.9 Å². The Labute approximate surface area is 181 Å². The number of aromatic amines is 1. The molecule has 2 aromatic heterocycles. The number of guanidine groups is 1. The van der Waals surface area contributed by atoms with Crippen LogP contribution in [0.2, 0.25) is 0 Å². The van der Waals surface area contributed by atoms with Crippen molar-refractivity contribution in [2.75, 3.05) is 19.7 Å². The van der Waals surface area contributed by atoms with Crippen LogP contribution < -0.4 is 10.6 Å². The zero-order valence-electron chi connectivity index (χ0n) is 15.7. The quantitative estimate of drug-likeness (QED) is 0.182. The molecule has 0 fully saturated rings. The number of ether oxygens (including phenoxy) is 1. The molecule has 0 saturated heterocycles. The van der Waals surface area contributed by atoms with Crippen molar-refractivity contribution in [3.63, 3.8) is 0 Å². The van der Waals surface area contributed by atoms with Gasteiger partial charge in [-0.15, -0.1) is 29.1 Å². The van der Waals surface area contributed by atoms with Gasteiger partial charge in [-0.2, -0.15) is 0 Å². The van der Waals surface area contributed by atoms with Crippen LogP contribution in [0.25, 0.3) is 11.6 Å². The highest BCUT2D eigenvalue weighted by Crippen LogP contribution is 2.14. The van der Waals surface area contributed by atoms with E-state index in [-0.39, 0.29) is 24.0 Å². The summed E-state index contributed by atoms with van der Waals surface area (Å²) >= 11 is 0. The first-order chi connectivity index (χ1) is 13.3. The molecule has 0 radical (unpaired) electrons. The summed E-state index contributed by atoms with van der Waals surface area (Å²) in [6.45, 7) is 5.02. The lowest BCUT2D eigenvalue weighted by molar-refractivity contribution is 0.125. The molecular weight excluding hydrogens is 471 g/mol. The number of H-pyrrole nitrogens is 1. The van der Waals surface area contributed by atoms with Gasteiger partial charge in [0.2, 0.25) is 5.82 Å². The smallest absolute Gasteiger partial charge is 0.216 e. The zero-order valence-corrected chi connectivity index (χ0v) is 18.1. The van der Waals surface area contributed by atoms with E-state index in [0.717, 1.165) is 12.1 Å². The molecule has 9 heteroatoms. The predicted molar refractivity (Wildman–Crippen MR) is 118 cm³/mol. The number of nitrogens with zero attached hydrogens (tertiary/aromatic N) is 3. The Bertz CT molecular complexity index is 820. The Morgan fingerprint density at radius 3 is 2.79 bits per heavy atom. The van der Waals surface area contributed by atoms with Crippen LogP contribution in [-0.4, -0.2) is 40.8 Å².